The summed E-state index contributed by atoms with van der Waals surface area (Å²) < 4.78 is 6.09. The van der Waals surface area contributed by atoms with E-state index in [9.17, 15) is 0 Å². The predicted molar refractivity (Wildman–Crippen MR) is 113 cm³/mol. The average Bonchev–Trinajstić information content (AvgIpc) is 2.53. The maximum atomic E-state index is 6.09. The van der Waals surface area contributed by atoms with E-state index in [2.05, 4.69) is 38.3 Å². The number of nitrogens with one attached hydrogen (secondary N) is 2. The summed E-state index contributed by atoms with van der Waals surface area (Å²) in [4.78, 5) is 4.91. The number of rotatable bonds is 4. The van der Waals surface area contributed by atoms with Gasteiger partial charge in [-0.05, 0) is 38.0 Å². The standard InChI is InChI=1S/C19H37N3O.HI/c1-5-20-18(22-16-11-7-6-8-12-16)21-14-15-10-9-13-23-17(15)19(2,3)4;/h15-17H,5-14H2,1-4H3,(H2,20,21,22);1H. The van der Waals surface area contributed by atoms with Crippen LogP contribution in [0.2, 0.25) is 0 Å². The van der Waals surface area contributed by atoms with Gasteiger partial charge < -0.3 is 15.4 Å². The van der Waals surface area contributed by atoms with Gasteiger partial charge in [0, 0.05) is 31.7 Å². The van der Waals surface area contributed by atoms with E-state index in [0.29, 0.717) is 18.1 Å². The highest BCUT2D eigenvalue weighted by Gasteiger charge is 2.35. The van der Waals surface area contributed by atoms with Crippen LogP contribution in [0.4, 0.5) is 0 Å². The zero-order chi connectivity index (χ0) is 16.7. The molecular weight excluding hydrogens is 413 g/mol. The number of nitrogens with zero attached hydrogens (tertiary/aromatic N) is 1. The summed E-state index contributed by atoms with van der Waals surface area (Å²) in [5.74, 6) is 1.53. The van der Waals surface area contributed by atoms with Crippen molar-refractivity contribution in [3.63, 3.8) is 0 Å². The molecule has 2 aliphatic rings. The van der Waals surface area contributed by atoms with E-state index in [0.717, 1.165) is 25.7 Å². The molecule has 1 heterocycles. The maximum absolute atomic E-state index is 6.09. The first-order chi connectivity index (χ1) is 11.0. The molecule has 0 spiro atoms. The third-order valence-corrected chi connectivity index (χ3v) is 5.07. The summed E-state index contributed by atoms with van der Waals surface area (Å²) in [6, 6.07) is 0.600. The van der Waals surface area contributed by atoms with Crippen LogP contribution in [0.5, 0.6) is 0 Å². The van der Waals surface area contributed by atoms with Crippen molar-refractivity contribution in [2.75, 3.05) is 19.7 Å². The number of hydrogen-bond donors (Lipinski definition) is 2. The molecule has 1 aliphatic carbocycles. The fraction of sp³-hybridized carbons (Fsp3) is 0.947. The third kappa shape index (κ3) is 7.06. The third-order valence-electron chi connectivity index (χ3n) is 5.07. The zero-order valence-electron chi connectivity index (χ0n) is 16.1. The highest BCUT2D eigenvalue weighted by Crippen LogP contribution is 2.34. The Labute approximate surface area is 166 Å². The number of halogens is 1. The van der Waals surface area contributed by atoms with Gasteiger partial charge in [-0.25, -0.2) is 0 Å². The first-order valence-corrected chi connectivity index (χ1v) is 9.67. The number of aliphatic imine (C=N–C) groups is 1. The lowest BCUT2D eigenvalue weighted by Gasteiger charge is -2.39. The van der Waals surface area contributed by atoms with Crippen LogP contribution in [0.1, 0.15) is 72.6 Å². The lowest BCUT2D eigenvalue weighted by molar-refractivity contribution is -0.0823. The molecule has 142 valence electrons. The lowest BCUT2D eigenvalue weighted by atomic mass is 9.78. The van der Waals surface area contributed by atoms with Gasteiger partial charge in [0.05, 0.1) is 6.10 Å². The SMILES string of the molecule is CCNC(=NCC1CCCOC1C(C)(C)C)NC1CCCCC1.I. The molecule has 4 nitrogen and oxygen atoms in total. The van der Waals surface area contributed by atoms with Crippen LogP contribution in [0, 0.1) is 11.3 Å². The molecule has 1 saturated heterocycles. The van der Waals surface area contributed by atoms with Crippen molar-refractivity contribution in [1.29, 1.82) is 0 Å². The zero-order valence-corrected chi connectivity index (χ0v) is 18.4. The predicted octanol–water partition coefficient (Wildman–Crippen LogP) is 4.33. The average molecular weight is 451 g/mol. The van der Waals surface area contributed by atoms with Crippen molar-refractivity contribution in [1.82, 2.24) is 10.6 Å². The molecule has 2 rings (SSSR count). The summed E-state index contributed by atoms with van der Waals surface area (Å²) in [6.45, 7) is 11.7. The molecule has 0 radical (unpaired) electrons. The van der Waals surface area contributed by atoms with Crippen LogP contribution in [-0.2, 0) is 4.74 Å². The van der Waals surface area contributed by atoms with Crippen LogP contribution < -0.4 is 10.6 Å². The normalized spacial score (nSPS) is 26.6. The van der Waals surface area contributed by atoms with Gasteiger partial charge in [-0.3, -0.25) is 4.99 Å². The Balaban J connectivity index is 0.00000288. The first-order valence-electron chi connectivity index (χ1n) is 9.67. The molecule has 5 heteroatoms. The van der Waals surface area contributed by atoms with Gasteiger partial charge >= 0.3 is 0 Å². The van der Waals surface area contributed by atoms with Crippen molar-refractivity contribution in [2.45, 2.75) is 84.8 Å². The first kappa shape index (κ1) is 22.0. The van der Waals surface area contributed by atoms with E-state index in [1.54, 1.807) is 0 Å². The summed E-state index contributed by atoms with van der Waals surface area (Å²) in [5.41, 5.74) is 0.190. The maximum Gasteiger partial charge on any atom is 0.191 e. The Kier molecular flexibility index (Phi) is 9.94. The molecule has 1 aliphatic heterocycles. The van der Waals surface area contributed by atoms with E-state index in [1.807, 2.05) is 0 Å². The Morgan fingerprint density at radius 1 is 1.08 bits per heavy atom. The number of ether oxygens (including phenoxy) is 1. The van der Waals surface area contributed by atoms with Crippen molar-refractivity contribution in [2.24, 2.45) is 16.3 Å². The molecule has 0 aromatic heterocycles. The van der Waals surface area contributed by atoms with Gasteiger partial charge in [0.2, 0.25) is 0 Å². The molecule has 0 bridgehead atoms. The van der Waals surface area contributed by atoms with Gasteiger partial charge in [0.25, 0.3) is 0 Å². The molecule has 1 saturated carbocycles. The fourth-order valence-electron chi connectivity index (χ4n) is 3.96. The molecule has 2 N–H and O–H groups in total. The Morgan fingerprint density at radius 2 is 1.79 bits per heavy atom. The molecule has 0 aromatic carbocycles. The molecule has 2 fully saturated rings. The van der Waals surface area contributed by atoms with Gasteiger partial charge in [-0.1, -0.05) is 40.0 Å². The molecule has 0 amide bonds. The summed E-state index contributed by atoms with van der Waals surface area (Å²) in [5, 5.41) is 7.07. The fourth-order valence-corrected chi connectivity index (χ4v) is 3.96. The minimum Gasteiger partial charge on any atom is -0.377 e. The lowest BCUT2D eigenvalue weighted by Crippen LogP contribution is -2.45. The van der Waals surface area contributed by atoms with E-state index < -0.39 is 0 Å². The van der Waals surface area contributed by atoms with Crippen molar-refractivity contribution < 1.29 is 4.74 Å². The summed E-state index contributed by atoms with van der Waals surface area (Å²) in [7, 11) is 0. The van der Waals surface area contributed by atoms with Gasteiger partial charge in [-0.15, -0.1) is 24.0 Å². The van der Waals surface area contributed by atoms with Crippen LogP contribution >= 0.6 is 24.0 Å². The largest absolute Gasteiger partial charge is 0.377 e. The topological polar surface area (TPSA) is 45.7 Å². The monoisotopic (exact) mass is 451 g/mol. The Morgan fingerprint density at radius 3 is 2.42 bits per heavy atom. The second-order valence-electron chi connectivity index (χ2n) is 8.26. The molecule has 24 heavy (non-hydrogen) atoms. The second kappa shape index (κ2) is 10.8. The Hall–Kier alpha value is -0.0400. The quantitative estimate of drug-likeness (QED) is 0.380. The highest BCUT2D eigenvalue weighted by atomic mass is 127. The smallest absolute Gasteiger partial charge is 0.191 e. The second-order valence-corrected chi connectivity index (χ2v) is 8.26. The van der Waals surface area contributed by atoms with E-state index in [1.165, 1.54) is 44.9 Å². The Bertz CT molecular complexity index is 375. The summed E-state index contributed by atoms with van der Waals surface area (Å²) in [6.07, 6.45) is 9.35. The van der Waals surface area contributed by atoms with E-state index in [-0.39, 0.29) is 29.4 Å². The van der Waals surface area contributed by atoms with Crippen molar-refractivity contribution in [3.8, 4) is 0 Å². The minimum atomic E-state index is 0. The number of hydrogen-bond acceptors (Lipinski definition) is 2. The van der Waals surface area contributed by atoms with Gasteiger partial charge in [0.15, 0.2) is 5.96 Å². The van der Waals surface area contributed by atoms with Gasteiger partial charge in [-0.2, -0.15) is 0 Å². The van der Waals surface area contributed by atoms with Gasteiger partial charge in [0.1, 0.15) is 0 Å². The van der Waals surface area contributed by atoms with Crippen molar-refractivity contribution >= 4 is 29.9 Å². The van der Waals surface area contributed by atoms with Crippen molar-refractivity contribution in [3.05, 3.63) is 0 Å². The molecule has 2 unspecified atom stereocenters. The number of guanidine groups is 1. The van der Waals surface area contributed by atoms with Crippen LogP contribution in [0.3, 0.4) is 0 Å². The molecule has 2 atom stereocenters. The van der Waals surface area contributed by atoms with E-state index in [4.69, 9.17) is 9.73 Å². The van der Waals surface area contributed by atoms with Crippen LogP contribution in [0.15, 0.2) is 4.99 Å². The van der Waals surface area contributed by atoms with Crippen LogP contribution in [0.25, 0.3) is 0 Å². The molecule has 0 aromatic rings. The summed E-state index contributed by atoms with van der Waals surface area (Å²) >= 11 is 0. The highest BCUT2D eigenvalue weighted by molar-refractivity contribution is 14.0. The minimum absolute atomic E-state index is 0. The molecular formula is C19H38IN3O. The van der Waals surface area contributed by atoms with E-state index >= 15 is 0 Å². The van der Waals surface area contributed by atoms with Crippen LogP contribution in [-0.4, -0.2) is 37.8 Å².